The van der Waals surface area contributed by atoms with Gasteiger partial charge in [-0.05, 0) is 31.7 Å². The molecule has 0 aliphatic heterocycles. The van der Waals surface area contributed by atoms with Gasteiger partial charge < -0.3 is 10.2 Å². The van der Waals surface area contributed by atoms with Crippen LogP contribution in [0.1, 0.15) is 12.5 Å². The summed E-state index contributed by atoms with van der Waals surface area (Å²) in [6, 6.07) is 7.32. The molecule has 0 amide bonds. The van der Waals surface area contributed by atoms with Crippen molar-refractivity contribution in [1.82, 2.24) is 4.90 Å². The molecule has 2 N–H and O–H groups in total. The second kappa shape index (κ2) is 5.49. The number of carbonyl (C=O) groups is 1. The summed E-state index contributed by atoms with van der Waals surface area (Å²) in [4.78, 5) is 12.5. The van der Waals surface area contributed by atoms with Gasteiger partial charge in [0.2, 0.25) is 0 Å². The summed E-state index contributed by atoms with van der Waals surface area (Å²) < 4.78 is 0. The number of hydrogen-bond acceptors (Lipinski definition) is 3. The van der Waals surface area contributed by atoms with Crippen molar-refractivity contribution < 1.29 is 15.0 Å². The molecule has 1 unspecified atom stereocenters. The maximum absolute atomic E-state index is 10.8. The molecule has 1 rings (SSSR count). The maximum Gasteiger partial charge on any atom is 0.336 e. The normalized spacial score (nSPS) is 14.6. The molecule has 17 heavy (non-hydrogen) atoms. The average molecular weight is 258 g/mol. The first-order chi connectivity index (χ1) is 7.81. The second-order valence-electron chi connectivity index (χ2n) is 4.38. The largest absolute Gasteiger partial charge is 0.479 e. The number of halogens is 1. The molecule has 94 valence electrons. The van der Waals surface area contributed by atoms with E-state index in [1.54, 1.807) is 18.0 Å². The fraction of sp³-hybridized carbons (Fsp3) is 0.417. The van der Waals surface area contributed by atoms with Gasteiger partial charge in [-0.1, -0.05) is 23.7 Å². The zero-order chi connectivity index (χ0) is 13.1. The Morgan fingerprint density at radius 2 is 2.18 bits per heavy atom. The van der Waals surface area contributed by atoms with Crippen molar-refractivity contribution in [2.45, 2.75) is 19.1 Å². The van der Waals surface area contributed by atoms with Gasteiger partial charge in [0, 0.05) is 18.1 Å². The van der Waals surface area contributed by atoms with E-state index < -0.39 is 11.6 Å². The van der Waals surface area contributed by atoms with E-state index in [9.17, 15) is 9.90 Å². The van der Waals surface area contributed by atoms with Crippen LogP contribution in [0.5, 0.6) is 0 Å². The summed E-state index contributed by atoms with van der Waals surface area (Å²) in [5.74, 6) is -1.23. The van der Waals surface area contributed by atoms with Crippen molar-refractivity contribution >= 4 is 17.6 Å². The Balaban J connectivity index is 2.61. The molecule has 1 aromatic rings. The van der Waals surface area contributed by atoms with Crippen LogP contribution in [0, 0.1) is 0 Å². The monoisotopic (exact) mass is 257 g/mol. The Hall–Kier alpha value is -1.10. The molecular weight excluding hydrogens is 242 g/mol. The Kier molecular flexibility index (Phi) is 4.51. The van der Waals surface area contributed by atoms with E-state index in [2.05, 4.69) is 0 Å². The Bertz CT molecular complexity index is 406. The number of hydrogen-bond donors (Lipinski definition) is 2. The van der Waals surface area contributed by atoms with Crippen LogP contribution in [-0.4, -0.2) is 40.3 Å². The van der Waals surface area contributed by atoms with E-state index in [1.807, 2.05) is 18.2 Å². The summed E-state index contributed by atoms with van der Waals surface area (Å²) >= 11 is 5.85. The summed E-state index contributed by atoms with van der Waals surface area (Å²) in [5, 5.41) is 19.1. The first-order valence-electron chi connectivity index (χ1n) is 5.20. The standard InChI is InChI=1S/C12H16ClNO3/c1-12(17,11(15)16)8-14(2)7-9-4-3-5-10(13)6-9/h3-6,17H,7-8H2,1-2H3,(H,15,16). The number of carboxylic acid groups (broad SMARTS) is 1. The smallest absolute Gasteiger partial charge is 0.336 e. The highest BCUT2D eigenvalue weighted by atomic mass is 35.5. The molecule has 0 spiro atoms. The van der Waals surface area contributed by atoms with E-state index in [-0.39, 0.29) is 6.54 Å². The third-order valence-electron chi connectivity index (χ3n) is 2.38. The van der Waals surface area contributed by atoms with Gasteiger partial charge in [-0.15, -0.1) is 0 Å². The molecule has 0 saturated heterocycles. The highest BCUT2D eigenvalue weighted by molar-refractivity contribution is 6.30. The van der Waals surface area contributed by atoms with Crippen molar-refractivity contribution in [1.29, 1.82) is 0 Å². The number of likely N-dealkylation sites (N-methyl/N-ethyl adjacent to an activating group) is 1. The van der Waals surface area contributed by atoms with Crippen LogP contribution in [0.15, 0.2) is 24.3 Å². The molecule has 0 fully saturated rings. The lowest BCUT2D eigenvalue weighted by atomic mass is 10.1. The molecule has 0 saturated carbocycles. The molecule has 1 atom stereocenters. The molecule has 0 heterocycles. The van der Waals surface area contributed by atoms with Crippen LogP contribution >= 0.6 is 11.6 Å². The summed E-state index contributed by atoms with van der Waals surface area (Å²) in [7, 11) is 1.75. The van der Waals surface area contributed by atoms with Gasteiger partial charge in [0.1, 0.15) is 0 Å². The summed E-state index contributed by atoms with van der Waals surface area (Å²) in [6.45, 7) is 1.86. The third kappa shape index (κ3) is 4.34. The number of nitrogens with zero attached hydrogens (tertiary/aromatic N) is 1. The van der Waals surface area contributed by atoms with E-state index in [4.69, 9.17) is 16.7 Å². The molecule has 0 aromatic heterocycles. The van der Waals surface area contributed by atoms with E-state index >= 15 is 0 Å². The van der Waals surface area contributed by atoms with Crippen LogP contribution in [-0.2, 0) is 11.3 Å². The fourth-order valence-corrected chi connectivity index (χ4v) is 1.81. The zero-order valence-corrected chi connectivity index (χ0v) is 10.6. The minimum Gasteiger partial charge on any atom is -0.479 e. The average Bonchev–Trinajstić information content (AvgIpc) is 2.15. The molecule has 0 aliphatic rings. The number of aliphatic hydroxyl groups is 1. The number of aliphatic carboxylic acids is 1. The second-order valence-corrected chi connectivity index (χ2v) is 4.82. The third-order valence-corrected chi connectivity index (χ3v) is 2.62. The number of rotatable bonds is 5. The molecule has 0 aliphatic carbocycles. The van der Waals surface area contributed by atoms with E-state index in [0.29, 0.717) is 11.6 Å². The molecule has 0 radical (unpaired) electrons. The van der Waals surface area contributed by atoms with Crippen molar-refractivity contribution in [3.63, 3.8) is 0 Å². The highest BCUT2D eigenvalue weighted by Crippen LogP contribution is 2.13. The van der Waals surface area contributed by atoms with Crippen LogP contribution in [0.25, 0.3) is 0 Å². The summed E-state index contributed by atoms with van der Waals surface area (Å²) in [5.41, 5.74) is -0.769. The van der Waals surface area contributed by atoms with Gasteiger partial charge in [0.15, 0.2) is 5.60 Å². The Labute approximate surface area is 105 Å². The molecule has 1 aromatic carbocycles. The fourth-order valence-electron chi connectivity index (χ4n) is 1.60. The topological polar surface area (TPSA) is 60.8 Å². The molecule has 5 heteroatoms. The van der Waals surface area contributed by atoms with Gasteiger partial charge in [0.25, 0.3) is 0 Å². The van der Waals surface area contributed by atoms with Crippen molar-refractivity contribution in [2.75, 3.05) is 13.6 Å². The van der Waals surface area contributed by atoms with Crippen LogP contribution < -0.4 is 0 Å². The first kappa shape index (κ1) is 14.0. The number of carboxylic acids is 1. The van der Waals surface area contributed by atoms with Gasteiger partial charge in [-0.3, -0.25) is 4.90 Å². The summed E-state index contributed by atoms with van der Waals surface area (Å²) in [6.07, 6.45) is 0. The van der Waals surface area contributed by atoms with E-state index in [1.165, 1.54) is 6.92 Å². The Morgan fingerprint density at radius 1 is 1.53 bits per heavy atom. The molecule has 0 bridgehead atoms. The lowest BCUT2D eigenvalue weighted by molar-refractivity contribution is -0.158. The lowest BCUT2D eigenvalue weighted by Crippen LogP contribution is -2.45. The maximum atomic E-state index is 10.8. The van der Waals surface area contributed by atoms with Gasteiger partial charge in [-0.25, -0.2) is 4.79 Å². The number of benzene rings is 1. The molecule has 4 nitrogen and oxygen atoms in total. The lowest BCUT2D eigenvalue weighted by Gasteiger charge is -2.25. The predicted molar refractivity (Wildman–Crippen MR) is 66.0 cm³/mol. The van der Waals surface area contributed by atoms with E-state index in [0.717, 1.165) is 5.56 Å². The van der Waals surface area contributed by atoms with Crippen LogP contribution in [0.2, 0.25) is 5.02 Å². The van der Waals surface area contributed by atoms with Gasteiger partial charge in [0.05, 0.1) is 0 Å². The van der Waals surface area contributed by atoms with Gasteiger partial charge >= 0.3 is 5.97 Å². The van der Waals surface area contributed by atoms with Crippen molar-refractivity contribution in [2.24, 2.45) is 0 Å². The minimum absolute atomic E-state index is 0.0504. The minimum atomic E-state index is -1.74. The molecular formula is C12H16ClNO3. The first-order valence-corrected chi connectivity index (χ1v) is 5.58. The Morgan fingerprint density at radius 3 is 2.71 bits per heavy atom. The SMILES string of the molecule is CN(Cc1cccc(Cl)c1)CC(C)(O)C(=O)O. The van der Waals surface area contributed by atoms with Crippen molar-refractivity contribution in [3.8, 4) is 0 Å². The van der Waals surface area contributed by atoms with Crippen LogP contribution in [0.4, 0.5) is 0 Å². The zero-order valence-electron chi connectivity index (χ0n) is 9.85. The van der Waals surface area contributed by atoms with Gasteiger partial charge in [-0.2, -0.15) is 0 Å². The highest BCUT2D eigenvalue weighted by Gasteiger charge is 2.31. The van der Waals surface area contributed by atoms with Crippen molar-refractivity contribution in [3.05, 3.63) is 34.9 Å². The quantitative estimate of drug-likeness (QED) is 0.841. The predicted octanol–water partition coefficient (Wildman–Crippen LogP) is 1.61. The van der Waals surface area contributed by atoms with Crippen LogP contribution in [0.3, 0.4) is 0 Å².